The minimum Gasteiger partial charge on any atom is -0.241 e. The Kier molecular flexibility index (Phi) is 3.07. The van der Waals surface area contributed by atoms with Gasteiger partial charge >= 0.3 is 0 Å². The van der Waals surface area contributed by atoms with E-state index in [1.54, 1.807) is 29.2 Å². The summed E-state index contributed by atoms with van der Waals surface area (Å²) in [5, 5.41) is 4.25. The SMILES string of the molecule is [2H]C([2H])(/C=C/n1nccc1-c1ccccc1)c1ccccc1. The Bertz CT molecular complexity index is 762. The summed E-state index contributed by atoms with van der Waals surface area (Å²) in [4.78, 5) is 0. The molecule has 1 heterocycles. The maximum absolute atomic E-state index is 8.18. The van der Waals surface area contributed by atoms with E-state index in [2.05, 4.69) is 5.10 Å². The maximum Gasteiger partial charge on any atom is 0.0733 e. The van der Waals surface area contributed by atoms with Crippen LogP contribution in [0.5, 0.6) is 0 Å². The summed E-state index contributed by atoms with van der Waals surface area (Å²) in [5.41, 5.74) is 2.60. The molecule has 0 radical (unpaired) electrons. The van der Waals surface area contributed by atoms with Crippen LogP contribution in [0.15, 0.2) is 79.0 Å². The van der Waals surface area contributed by atoms with E-state index in [-0.39, 0.29) is 0 Å². The largest absolute Gasteiger partial charge is 0.241 e. The second kappa shape index (κ2) is 6.02. The van der Waals surface area contributed by atoms with Crippen molar-refractivity contribution in [1.82, 2.24) is 9.78 Å². The Morgan fingerprint density at radius 3 is 2.40 bits per heavy atom. The minimum atomic E-state index is -1.54. The van der Waals surface area contributed by atoms with Crippen LogP contribution < -0.4 is 0 Å². The maximum atomic E-state index is 8.18. The summed E-state index contributed by atoms with van der Waals surface area (Å²) in [5.74, 6) is 0. The van der Waals surface area contributed by atoms with Crippen molar-refractivity contribution in [2.24, 2.45) is 0 Å². The van der Waals surface area contributed by atoms with Gasteiger partial charge in [0.25, 0.3) is 0 Å². The van der Waals surface area contributed by atoms with Crippen molar-refractivity contribution in [2.45, 2.75) is 6.37 Å². The first-order valence-electron chi connectivity index (χ1n) is 7.51. The van der Waals surface area contributed by atoms with Gasteiger partial charge in [0.15, 0.2) is 0 Å². The molecule has 0 aliphatic carbocycles. The lowest BCUT2D eigenvalue weighted by molar-refractivity contribution is 0.938. The molecule has 0 saturated heterocycles. The van der Waals surface area contributed by atoms with Crippen LogP contribution in [-0.4, -0.2) is 9.78 Å². The first-order chi connectivity index (χ1) is 10.7. The van der Waals surface area contributed by atoms with Gasteiger partial charge in [0.1, 0.15) is 0 Å². The Balaban J connectivity index is 1.90. The second-order valence-electron chi connectivity index (χ2n) is 4.35. The van der Waals surface area contributed by atoms with E-state index in [1.807, 2.05) is 54.6 Å². The topological polar surface area (TPSA) is 17.8 Å². The fourth-order valence-corrected chi connectivity index (χ4v) is 2.01. The second-order valence-corrected chi connectivity index (χ2v) is 4.35. The van der Waals surface area contributed by atoms with Gasteiger partial charge in [-0.25, -0.2) is 4.68 Å². The molecule has 0 atom stereocenters. The molecule has 3 aromatic rings. The normalized spacial score (nSPS) is 13.2. The number of hydrogen-bond acceptors (Lipinski definition) is 1. The van der Waals surface area contributed by atoms with Crippen molar-refractivity contribution in [3.63, 3.8) is 0 Å². The highest BCUT2D eigenvalue weighted by atomic mass is 15.3. The van der Waals surface area contributed by atoms with Crippen LogP contribution in [0, 0.1) is 0 Å². The highest BCUT2D eigenvalue weighted by Gasteiger charge is 2.01. The van der Waals surface area contributed by atoms with E-state index < -0.39 is 6.37 Å². The van der Waals surface area contributed by atoms with E-state index in [1.165, 1.54) is 6.08 Å². The van der Waals surface area contributed by atoms with Gasteiger partial charge < -0.3 is 0 Å². The number of benzene rings is 2. The van der Waals surface area contributed by atoms with E-state index in [0.717, 1.165) is 11.3 Å². The first kappa shape index (κ1) is 10.2. The standard InChI is InChI=1S/C18H16N2/c1-3-8-16(9-4-1)10-7-15-20-18(13-14-19-20)17-11-5-2-6-12-17/h1-9,11-15H,10H2/b15-7+/i10D2. The molecule has 2 heteroatoms. The van der Waals surface area contributed by atoms with Gasteiger partial charge in [-0.2, -0.15) is 5.10 Å². The zero-order valence-corrected chi connectivity index (χ0v) is 11.0. The van der Waals surface area contributed by atoms with Crippen molar-refractivity contribution < 1.29 is 2.74 Å². The van der Waals surface area contributed by atoms with E-state index in [4.69, 9.17) is 2.74 Å². The summed E-state index contributed by atoms with van der Waals surface area (Å²) in [6, 6.07) is 21.0. The monoisotopic (exact) mass is 262 g/mol. The fraction of sp³-hybridized carbons (Fsp3) is 0.0556. The van der Waals surface area contributed by atoms with E-state index in [9.17, 15) is 0 Å². The quantitative estimate of drug-likeness (QED) is 0.686. The van der Waals surface area contributed by atoms with Crippen LogP contribution in [0.4, 0.5) is 0 Å². The van der Waals surface area contributed by atoms with Gasteiger partial charge in [0.05, 0.1) is 5.69 Å². The zero-order chi connectivity index (χ0) is 15.4. The molecular formula is C18H16N2. The van der Waals surface area contributed by atoms with Gasteiger partial charge in [-0.05, 0) is 18.0 Å². The molecule has 0 N–H and O–H groups in total. The van der Waals surface area contributed by atoms with E-state index >= 15 is 0 Å². The van der Waals surface area contributed by atoms with Gasteiger partial charge in [0.2, 0.25) is 0 Å². The Morgan fingerprint density at radius 1 is 0.950 bits per heavy atom. The molecule has 98 valence electrons. The average molecular weight is 262 g/mol. The molecule has 0 amide bonds. The number of aromatic nitrogens is 2. The highest BCUT2D eigenvalue weighted by Crippen LogP contribution is 2.18. The third-order valence-electron chi connectivity index (χ3n) is 2.98. The minimum absolute atomic E-state index is 0.625. The fourth-order valence-electron chi connectivity index (χ4n) is 2.01. The third kappa shape index (κ3) is 2.86. The Hall–Kier alpha value is -2.61. The van der Waals surface area contributed by atoms with E-state index in [0.29, 0.717) is 5.56 Å². The molecular weight excluding hydrogens is 244 g/mol. The summed E-state index contributed by atoms with van der Waals surface area (Å²) in [7, 11) is 0. The number of allylic oxidation sites excluding steroid dienone is 1. The third-order valence-corrected chi connectivity index (χ3v) is 2.98. The molecule has 0 aliphatic heterocycles. The van der Waals surface area contributed by atoms with Gasteiger partial charge in [-0.15, -0.1) is 0 Å². The molecule has 2 nitrogen and oxygen atoms in total. The van der Waals surface area contributed by atoms with Gasteiger partial charge in [-0.3, -0.25) is 0 Å². The molecule has 0 fully saturated rings. The molecule has 0 saturated carbocycles. The summed E-state index contributed by atoms with van der Waals surface area (Å²) in [6.45, 7) is 0. The molecule has 2 aromatic carbocycles. The van der Waals surface area contributed by atoms with Crippen molar-refractivity contribution in [3.05, 3.63) is 84.6 Å². The summed E-state index contributed by atoms with van der Waals surface area (Å²) in [6.07, 6.45) is 3.38. The predicted octanol–water partition coefficient (Wildman–Crippen LogP) is 4.26. The van der Waals surface area contributed by atoms with Crippen LogP contribution in [0.25, 0.3) is 17.5 Å². The summed E-state index contributed by atoms with van der Waals surface area (Å²) >= 11 is 0. The zero-order valence-electron chi connectivity index (χ0n) is 13.0. The van der Waals surface area contributed by atoms with Gasteiger partial charge in [-0.1, -0.05) is 66.7 Å². The number of rotatable bonds is 4. The van der Waals surface area contributed by atoms with Crippen LogP contribution in [-0.2, 0) is 6.37 Å². The molecule has 20 heavy (non-hydrogen) atoms. The lowest BCUT2D eigenvalue weighted by Gasteiger charge is -2.02. The van der Waals surface area contributed by atoms with Crippen molar-refractivity contribution in [3.8, 4) is 11.3 Å². The van der Waals surface area contributed by atoms with Crippen molar-refractivity contribution in [1.29, 1.82) is 0 Å². The molecule has 0 bridgehead atoms. The van der Waals surface area contributed by atoms with Crippen LogP contribution in [0.2, 0.25) is 0 Å². The summed E-state index contributed by atoms with van der Waals surface area (Å²) < 4.78 is 18.1. The van der Waals surface area contributed by atoms with Crippen LogP contribution in [0.3, 0.4) is 0 Å². The smallest absolute Gasteiger partial charge is 0.0733 e. The molecule has 3 rings (SSSR count). The van der Waals surface area contributed by atoms with Crippen molar-refractivity contribution in [2.75, 3.05) is 0 Å². The lowest BCUT2D eigenvalue weighted by Crippen LogP contribution is -1.92. The molecule has 0 unspecified atom stereocenters. The molecule has 0 spiro atoms. The molecule has 0 aliphatic rings. The first-order valence-corrected chi connectivity index (χ1v) is 6.51. The predicted molar refractivity (Wildman–Crippen MR) is 83.1 cm³/mol. The van der Waals surface area contributed by atoms with Crippen LogP contribution in [0.1, 0.15) is 8.30 Å². The number of hydrogen-bond donors (Lipinski definition) is 0. The van der Waals surface area contributed by atoms with Crippen LogP contribution >= 0.6 is 0 Å². The highest BCUT2D eigenvalue weighted by molar-refractivity contribution is 5.61. The Labute approximate surface area is 121 Å². The Morgan fingerprint density at radius 2 is 1.65 bits per heavy atom. The molecule has 1 aromatic heterocycles. The van der Waals surface area contributed by atoms with Crippen molar-refractivity contribution >= 4 is 6.20 Å². The van der Waals surface area contributed by atoms with Gasteiger partial charge in [0, 0.05) is 20.7 Å². The average Bonchev–Trinajstić information content (AvgIpc) is 3.03. The number of nitrogens with zero attached hydrogens (tertiary/aromatic N) is 2. The lowest BCUT2D eigenvalue weighted by atomic mass is 10.1.